The van der Waals surface area contributed by atoms with E-state index in [9.17, 15) is 4.79 Å². The van der Waals surface area contributed by atoms with Crippen LogP contribution in [-0.2, 0) is 4.79 Å². The van der Waals surface area contributed by atoms with Gasteiger partial charge in [0.2, 0.25) is 0 Å². The van der Waals surface area contributed by atoms with Crippen LogP contribution in [0.2, 0.25) is 0 Å². The number of hydrogen-bond acceptors (Lipinski definition) is 3. The quantitative estimate of drug-likeness (QED) is 0.286. The molecule has 4 heteroatoms. The monoisotopic (exact) mass is 190 g/mol. The summed E-state index contributed by atoms with van der Waals surface area (Å²) in [6.45, 7) is 0. The highest BCUT2D eigenvalue weighted by molar-refractivity contribution is 6.14. The molecule has 72 valence electrons. The lowest BCUT2D eigenvalue weighted by molar-refractivity contribution is -0.104. The Bertz CT molecular complexity index is 380. The molecule has 0 amide bonds. The first kappa shape index (κ1) is 9.98. The molecular weight excluding hydrogens is 180 g/mol. The van der Waals surface area contributed by atoms with E-state index in [0.717, 1.165) is 0 Å². The Morgan fingerprint density at radius 2 is 1.93 bits per heavy atom. The molecule has 0 aliphatic rings. The van der Waals surface area contributed by atoms with Gasteiger partial charge in [0.1, 0.15) is 11.6 Å². The fourth-order valence-electron chi connectivity index (χ4n) is 0.925. The number of carbonyl (C=O) groups excluding carboxylic acids is 1. The summed E-state index contributed by atoms with van der Waals surface area (Å²) in [5, 5.41) is 16.1. The molecule has 1 rings (SSSR count). The molecule has 0 saturated carbocycles. The van der Waals surface area contributed by atoms with Crippen molar-refractivity contribution in [2.45, 2.75) is 0 Å². The fourth-order valence-corrected chi connectivity index (χ4v) is 0.925. The second kappa shape index (κ2) is 4.23. The van der Waals surface area contributed by atoms with Crippen LogP contribution in [0.25, 0.3) is 6.08 Å². The van der Waals surface area contributed by atoms with Crippen molar-refractivity contribution >= 4 is 18.2 Å². The van der Waals surface area contributed by atoms with Crippen LogP contribution in [0, 0.1) is 5.41 Å². The number of carbonyl (C=O) groups is 1. The van der Waals surface area contributed by atoms with Crippen molar-refractivity contribution in [3.63, 3.8) is 0 Å². The number of amidine groups is 1. The predicted molar refractivity (Wildman–Crippen MR) is 54.1 cm³/mol. The van der Waals surface area contributed by atoms with Crippen LogP contribution >= 0.6 is 0 Å². The topological polar surface area (TPSA) is 87.2 Å². The average molecular weight is 190 g/mol. The number of aromatic hydroxyl groups is 1. The highest BCUT2D eigenvalue weighted by Gasteiger charge is 1.98. The van der Waals surface area contributed by atoms with E-state index in [4.69, 9.17) is 16.2 Å². The molecule has 4 nitrogen and oxygen atoms in total. The van der Waals surface area contributed by atoms with Crippen LogP contribution in [-0.4, -0.2) is 17.2 Å². The molecular formula is C10H10N2O2. The zero-order valence-electron chi connectivity index (χ0n) is 7.40. The van der Waals surface area contributed by atoms with Gasteiger partial charge in [-0.25, -0.2) is 0 Å². The number of rotatable bonds is 3. The first-order valence-electron chi connectivity index (χ1n) is 3.94. The average Bonchev–Trinajstić information content (AvgIpc) is 2.16. The van der Waals surface area contributed by atoms with E-state index in [1.807, 2.05) is 0 Å². The minimum Gasteiger partial charge on any atom is -0.508 e. The molecule has 0 unspecified atom stereocenters. The zero-order valence-corrected chi connectivity index (χ0v) is 7.40. The molecule has 0 spiro atoms. The molecule has 0 aromatic heterocycles. The number of nitrogens with one attached hydrogen (secondary N) is 1. The summed E-state index contributed by atoms with van der Waals surface area (Å²) in [4.78, 5) is 10.5. The van der Waals surface area contributed by atoms with Crippen LogP contribution in [0.5, 0.6) is 5.75 Å². The van der Waals surface area contributed by atoms with Crippen molar-refractivity contribution in [1.82, 2.24) is 0 Å². The fraction of sp³-hybridized carbons (Fsp3) is 0. The maximum atomic E-state index is 10.5. The minimum atomic E-state index is -0.270. The molecule has 0 bridgehead atoms. The number of phenols is 1. The van der Waals surface area contributed by atoms with Gasteiger partial charge >= 0.3 is 0 Å². The van der Waals surface area contributed by atoms with E-state index in [0.29, 0.717) is 11.8 Å². The van der Waals surface area contributed by atoms with Gasteiger partial charge in [0.05, 0.1) is 5.57 Å². The number of phenolic OH excluding ortho intramolecular Hbond substituents is 1. The molecule has 0 aliphatic heterocycles. The molecule has 0 fully saturated rings. The normalized spacial score (nSPS) is 11.0. The molecule has 0 aliphatic carbocycles. The molecule has 1 aromatic rings. The number of benzene rings is 1. The third kappa shape index (κ3) is 2.45. The van der Waals surface area contributed by atoms with Crippen molar-refractivity contribution in [1.29, 1.82) is 5.41 Å². The van der Waals surface area contributed by atoms with Crippen LogP contribution in [0.15, 0.2) is 29.8 Å². The smallest absolute Gasteiger partial charge is 0.153 e. The summed E-state index contributed by atoms with van der Waals surface area (Å²) in [6, 6.07) is 6.24. The SMILES string of the molecule is N=C(N)/C(C=O)=C\c1ccc(O)cc1. The second-order valence-electron chi connectivity index (χ2n) is 2.72. The Hall–Kier alpha value is -2.10. The van der Waals surface area contributed by atoms with Gasteiger partial charge in [0, 0.05) is 0 Å². The van der Waals surface area contributed by atoms with Gasteiger partial charge in [-0.05, 0) is 23.8 Å². The molecule has 4 N–H and O–H groups in total. The lowest BCUT2D eigenvalue weighted by Crippen LogP contribution is -2.13. The van der Waals surface area contributed by atoms with Gasteiger partial charge in [-0.3, -0.25) is 10.2 Å². The molecule has 0 saturated heterocycles. The van der Waals surface area contributed by atoms with Crippen molar-refractivity contribution < 1.29 is 9.90 Å². The maximum Gasteiger partial charge on any atom is 0.153 e. The molecule has 0 heterocycles. The lowest BCUT2D eigenvalue weighted by Gasteiger charge is -1.97. The van der Waals surface area contributed by atoms with Gasteiger partial charge in [0.25, 0.3) is 0 Å². The third-order valence-electron chi connectivity index (χ3n) is 1.65. The lowest BCUT2D eigenvalue weighted by atomic mass is 10.1. The van der Waals surface area contributed by atoms with Gasteiger partial charge < -0.3 is 10.8 Å². The maximum absolute atomic E-state index is 10.5. The van der Waals surface area contributed by atoms with Gasteiger partial charge in [0.15, 0.2) is 6.29 Å². The number of hydrogen-bond donors (Lipinski definition) is 3. The summed E-state index contributed by atoms with van der Waals surface area (Å²) in [5.41, 5.74) is 5.99. The molecule has 1 aromatic carbocycles. The Kier molecular flexibility index (Phi) is 3.01. The minimum absolute atomic E-state index is 0.121. The van der Waals surface area contributed by atoms with E-state index in [1.165, 1.54) is 18.2 Å². The van der Waals surface area contributed by atoms with Gasteiger partial charge in [-0.15, -0.1) is 0 Å². The zero-order chi connectivity index (χ0) is 10.6. The van der Waals surface area contributed by atoms with E-state index >= 15 is 0 Å². The van der Waals surface area contributed by atoms with E-state index in [2.05, 4.69) is 0 Å². The summed E-state index contributed by atoms with van der Waals surface area (Å²) >= 11 is 0. The van der Waals surface area contributed by atoms with Crippen molar-refractivity contribution in [3.8, 4) is 5.75 Å². The van der Waals surface area contributed by atoms with Crippen molar-refractivity contribution in [2.75, 3.05) is 0 Å². The molecule has 0 atom stereocenters. The van der Waals surface area contributed by atoms with Gasteiger partial charge in [-0.2, -0.15) is 0 Å². The Balaban J connectivity index is 3.01. The number of nitrogens with two attached hydrogens (primary N) is 1. The highest BCUT2D eigenvalue weighted by atomic mass is 16.3. The van der Waals surface area contributed by atoms with Crippen LogP contribution in [0.3, 0.4) is 0 Å². The third-order valence-corrected chi connectivity index (χ3v) is 1.65. The summed E-state index contributed by atoms with van der Waals surface area (Å²) in [6.07, 6.45) is 2.00. The van der Waals surface area contributed by atoms with E-state index in [-0.39, 0.29) is 17.2 Å². The first-order valence-corrected chi connectivity index (χ1v) is 3.94. The largest absolute Gasteiger partial charge is 0.508 e. The summed E-state index contributed by atoms with van der Waals surface area (Å²) < 4.78 is 0. The van der Waals surface area contributed by atoms with Crippen LogP contribution < -0.4 is 5.73 Å². The summed E-state index contributed by atoms with van der Waals surface area (Å²) in [7, 11) is 0. The predicted octanol–water partition coefficient (Wildman–Crippen LogP) is 0.910. The molecule has 14 heavy (non-hydrogen) atoms. The van der Waals surface area contributed by atoms with Crippen LogP contribution in [0.4, 0.5) is 0 Å². The Morgan fingerprint density at radius 1 is 1.36 bits per heavy atom. The summed E-state index contributed by atoms with van der Waals surface area (Å²) in [5.74, 6) is -0.120. The standard InChI is InChI=1S/C10H10N2O2/c11-10(12)8(6-13)5-7-1-3-9(14)4-2-7/h1-6,14H,(H3,11,12)/b8-5-. The van der Waals surface area contributed by atoms with Crippen molar-refractivity contribution in [2.24, 2.45) is 5.73 Å². The highest BCUT2D eigenvalue weighted by Crippen LogP contribution is 2.11. The Labute approximate surface area is 81.2 Å². The van der Waals surface area contributed by atoms with E-state index in [1.54, 1.807) is 12.1 Å². The van der Waals surface area contributed by atoms with E-state index < -0.39 is 0 Å². The van der Waals surface area contributed by atoms with Crippen molar-refractivity contribution in [3.05, 3.63) is 35.4 Å². The first-order chi connectivity index (χ1) is 6.63. The van der Waals surface area contributed by atoms with Crippen LogP contribution in [0.1, 0.15) is 5.56 Å². The second-order valence-corrected chi connectivity index (χ2v) is 2.72. The molecule has 0 radical (unpaired) electrons. The number of aldehydes is 1. The Morgan fingerprint density at radius 3 is 2.36 bits per heavy atom. The van der Waals surface area contributed by atoms with Gasteiger partial charge in [-0.1, -0.05) is 12.1 Å².